The molecular formula is C28H32N4O2S. The molecule has 2 heterocycles. The third-order valence-electron chi connectivity index (χ3n) is 6.46. The van der Waals surface area contributed by atoms with Crippen LogP contribution < -0.4 is 10.1 Å². The van der Waals surface area contributed by atoms with Crippen LogP contribution in [0.25, 0.3) is 0 Å². The molecule has 0 amide bonds. The lowest BCUT2D eigenvalue weighted by Gasteiger charge is -2.38. The number of aromatic nitrogens is 3. The van der Waals surface area contributed by atoms with E-state index in [4.69, 9.17) is 14.8 Å². The van der Waals surface area contributed by atoms with Crippen LogP contribution in [0, 0.1) is 5.41 Å². The van der Waals surface area contributed by atoms with E-state index in [2.05, 4.69) is 44.3 Å². The first-order valence-electron chi connectivity index (χ1n) is 12.3. The summed E-state index contributed by atoms with van der Waals surface area (Å²) in [4.78, 5) is 18.3. The first-order chi connectivity index (χ1) is 16.9. The maximum Gasteiger partial charge on any atom is 0.227 e. The molecule has 35 heavy (non-hydrogen) atoms. The van der Waals surface area contributed by atoms with Crippen molar-refractivity contribution in [3.8, 4) is 5.75 Å². The van der Waals surface area contributed by atoms with E-state index in [1.165, 1.54) is 5.56 Å². The zero-order valence-electron chi connectivity index (χ0n) is 20.6. The fraction of sp³-hybridized carbons (Fsp3) is 0.393. The van der Waals surface area contributed by atoms with Crippen molar-refractivity contribution in [1.29, 1.82) is 0 Å². The molecule has 1 atom stereocenters. The van der Waals surface area contributed by atoms with Gasteiger partial charge < -0.3 is 10.1 Å². The maximum atomic E-state index is 13.5. The lowest BCUT2D eigenvalue weighted by molar-refractivity contribution is -0.118. The van der Waals surface area contributed by atoms with Gasteiger partial charge in [-0.05, 0) is 41.5 Å². The zero-order chi connectivity index (χ0) is 24.4. The van der Waals surface area contributed by atoms with Gasteiger partial charge in [0.05, 0.1) is 6.61 Å². The summed E-state index contributed by atoms with van der Waals surface area (Å²) in [7, 11) is 0. The van der Waals surface area contributed by atoms with Crippen LogP contribution in [0.1, 0.15) is 63.6 Å². The van der Waals surface area contributed by atoms with Crippen molar-refractivity contribution in [3.05, 3.63) is 77.0 Å². The fourth-order valence-corrected chi connectivity index (χ4v) is 5.57. The second-order valence-electron chi connectivity index (χ2n) is 10.1. The predicted molar refractivity (Wildman–Crippen MR) is 140 cm³/mol. The van der Waals surface area contributed by atoms with Crippen molar-refractivity contribution in [2.75, 3.05) is 11.9 Å². The van der Waals surface area contributed by atoms with Gasteiger partial charge in [0.2, 0.25) is 11.1 Å². The molecule has 1 N–H and O–H groups in total. The second-order valence-corrected chi connectivity index (χ2v) is 11.0. The molecular weight excluding hydrogens is 456 g/mol. The Morgan fingerprint density at radius 1 is 1.14 bits per heavy atom. The van der Waals surface area contributed by atoms with E-state index in [0.717, 1.165) is 47.6 Å². The Labute approximate surface area is 211 Å². The third kappa shape index (κ3) is 5.15. The largest absolute Gasteiger partial charge is 0.494 e. The maximum absolute atomic E-state index is 13.5. The Morgan fingerprint density at radius 3 is 2.77 bits per heavy atom. The molecule has 7 heteroatoms. The van der Waals surface area contributed by atoms with Gasteiger partial charge in [-0.2, -0.15) is 4.98 Å². The van der Waals surface area contributed by atoms with E-state index in [0.29, 0.717) is 24.1 Å². The van der Waals surface area contributed by atoms with Gasteiger partial charge in [-0.3, -0.25) is 4.79 Å². The minimum Gasteiger partial charge on any atom is -0.494 e. The molecule has 1 aliphatic heterocycles. The van der Waals surface area contributed by atoms with Crippen LogP contribution in [-0.2, 0) is 10.5 Å². The number of hydrogen-bond acceptors (Lipinski definition) is 6. The molecule has 5 rings (SSSR count). The number of nitrogens with zero attached hydrogens (tertiary/aromatic N) is 3. The van der Waals surface area contributed by atoms with Crippen LogP contribution in [0.5, 0.6) is 5.75 Å². The molecule has 1 aromatic heterocycles. The number of thioether (sulfide) groups is 1. The van der Waals surface area contributed by atoms with Crippen LogP contribution in [-0.4, -0.2) is 27.2 Å². The van der Waals surface area contributed by atoms with E-state index in [1.54, 1.807) is 11.8 Å². The Bertz CT molecular complexity index is 1250. The van der Waals surface area contributed by atoms with Crippen molar-refractivity contribution in [1.82, 2.24) is 14.8 Å². The molecule has 182 valence electrons. The minimum atomic E-state index is -0.321. The molecule has 3 aromatic rings. The van der Waals surface area contributed by atoms with Gasteiger partial charge in [0.25, 0.3) is 0 Å². The number of nitrogens with one attached hydrogen (secondary N) is 1. The van der Waals surface area contributed by atoms with E-state index in [1.807, 2.05) is 41.1 Å². The van der Waals surface area contributed by atoms with E-state index >= 15 is 0 Å². The number of anilines is 1. The summed E-state index contributed by atoms with van der Waals surface area (Å²) >= 11 is 1.60. The van der Waals surface area contributed by atoms with Gasteiger partial charge in [-0.1, -0.05) is 81.4 Å². The number of Topliss-reactive ketones (excluding diaryl/α,β-unsaturated/α-hetero) is 1. The Morgan fingerprint density at radius 2 is 1.97 bits per heavy atom. The fourth-order valence-electron chi connectivity index (χ4n) is 4.79. The van der Waals surface area contributed by atoms with Crippen LogP contribution in [0.3, 0.4) is 0 Å². The summed E-state index contributed by atoms with van der Waals surface area (Å²) in [5.41, 5.74) is 3.89. The zero-order valence-corrected chi connectivity index (χ0v) is 21.4. The van der Waals surface area contributed by atoms with Crippen LogP contribution in [0.4, 0.5) is 5.95 Å². The van der Waals surface area contributed by atoms with Crippen LogP contribution >= 0.6 is 11.8 Å². The van der Waals surface area contributed by atoms with Crippen molar-refractivity contribution in [2.45, 2.75) is 63.4 Å². The monoisotopic (exact) mass is 488 g/mol. The molecule has 2 aromatic carbocycles. The molecule has 2 aliphatic rings. The molecule has 0 fully saturated rings. The summed E-state index contributed by atoms with van der Waals surface area (Å²) in [6.07, 6.45) is 3.42. The number of fused-ring (bicyclic) bond motifs is 1. The summed E-state index contributed by atoms with van der Waals surface area (Å²) in [5, 5.41) is 9.03. The topological polar surface area (TPSA) is 69.0 Å². The van der Waals surface area contributed by atoms with Crippen LogP contribution in [0.15, 0.2) is 71.0 Å². The number of unbranched alkanes of at least 4 members (excludes halogenated alkanes) is 1. The number of ketones is 1. The highest BCUT2D eigenvalue weighted by atomic mass is 32.2. The van der Waals surface area contributed by atoms with Crippen molar-refractivity contribution in [3.63, 3.8) is 0 Å². The van der Waals surface area contributed by atoms with Gasteiger partial charge >= 0.3 is 0 Å². The number of benzene rings is 2. The minimum absolute atomic E-state index is 0.0916. The molecule has 1 aliphatic carbocycles. The van der Waals surface area contributed by atoms with Gasteiger partial charge in [-0.25, -0.2) is 4.68 Å². The van der Waals surface area contributed by atoms with Crippen molar-refractivity contribution >= 4 is 23.5 Å². The van der Waals surface area contributed by atoms with Gasteiger partial charge in [0.15, 0.2) is 5.78 Å². The van der Waals surface area contributed by atoms with Gasteiger partial charge in [0.1, 0.15) is 11.8 Å². The molecule has 0 saturated carbocycles. The first kappa shape index (κ1) is 23.7. The summed E-state index contributed by atoms with van der Waals surface area (Å²) in [6.45, 7) is 7.13. The van der Waals surface area contributed by atoms with E-state index in [-0.39, 0.29) is 17.2 Å². The molecule has 0 bridgehead atoms. The molecule has 6 nitrogen and oxygen atoms in total. The number of carbonyl (C=O) groups excluding carboxylic acids is 1. The highest BCUT2D eigenvalue weighted by Crippen LogP contribution is 2.46. The SMILES string of the molecule is CCCCOc1cccc(C2C3=C(CC(C)(C)CC3=O)Nc3nc(SCc4ccccc4)nn32)c1. The number of allylic oxidation sites excluding steroid dienone is 2. The van der Waals surface area contributed by atoms with Crippen LogP contribution in [0.2, 0.25) is 0 Å². The second kappa shape index (κ2) is 9.90. The number of carbonyl (C=O) groups is 1. The highest BCUT2D eigenvalue weighted by Gasteiger charge is 2.42. The van der Waals surface area contributed by atoms with E-state index < -0.39 is 0 Å². The number of ether oxygens (including phenoxy) is 1. The number of rotatable bonds is 8. The highest BCUT2D eigenvalue weighted by molar-refractivity contribution is 7.98. The van der Waals surface area contributed by atoms with E-state index in [9.17, 15) is 4.79 Å². The summed E-state index contributed by atoms with van der Waals surface area (Å²) in [6, 6.07) is 18.1. The normalized spacial score (nSPS) is 18.6. The first-order valence-corrected chi connectivity index (χ1v) is 13.3. The van der Waals surface area contributed by atoms with Crippen molar-refractivity contribution in [2.24, 2.45) is 5.41 Å². The lowest BCUT2D eigenvalue weighted by Crippen LogP contribution is -2.36. The standard InChI is InChI=1S/C28H32N4O2S/c1-4-5-14-34-21-13-9-12-20(15-21)25-24-22(16-28(2,3)17-23(24)33)29-26-30-27(31-32(25)26)35-18-19-10-7-6-8-11-19/h6-13,15,25H,4-5,14,16-18H2,1-3H3,(H,29,30,31). The Kier molecular flexibility index (Phi) is 6.69. The van der Waals surface area contributed by atoms with Gasteiger partial charge in [-0.15, -0.1) is 5.10 Å². The third-order valence-corrected chi connectivity index (χ3v) is 7.37. The average Bonchev–Trinajstić information content (AvgIpc) is 3.24. The molecule has 0 spiro atoms. The summed E-state index contributed by atoms with van der Waals surface area (Å²) < 4.78 is 7.87. The molecule has 1 unspecified atom stereocenters. The Balaban J connectivity index is 1.51. The van der Waals surface area contributed by atoms with Crippen molar-refractivity contribution < 1.29 is 9.53 Å². The lowest BCUT2D eigenvalue weighted by atomic mass is 9.73. The number of hydrogen-bond donors (Lipinski definition) is 1. The van der Waals surface area contributed by atoms with Gasteiger partial charge in [0, 0.05) is 23.4 Å². The average molecular weight is 489 g/mol. The molecule has 0 radical (unpaired) electrons. The molecule has 0 saturated heterocycles. The summed E-state index contributed by atoms with van der Waals surface area (Å²) in [5.74, 6) is 2.47. The smallest absolute Gasteiger partial charge is 0.227 e. The quantitative estimate of drug-likeness (QED) is 0.292. The predicted octanol–water partition coefficient (Wildman–Crippen LogP) is 6.41. The Hall–Kier alpha value is -3.06.